The molecule has 3 heteroatoms. The summed E-state index contributed by atoms with van der Waals surface area (Å²) >= 11 is 6.33. The first-order valence-corrected chi connectivity index (χ1v) is 7.10. The van der Waals surface area contributed by atoms with Crippen LogP contribution in [0.1, 0.15) is 44.1 Å². The Morgan fingerprint density at radius 1 is 1.39 bits per heavy atom. The maximum absolute atomic E-state index is 12.5. The summed E-state index contributed by atoms with van der Waals surface area (Å²) in [5.41, 5.74) is 0.887. The maximum atomic E-state index is 12.5. The number of alkyl halides is 1. The van der Waals surface area contributed by atoms with Gasteiger partial charge in [0.25, 0.3) is 0 Å². The molecule has 1 saturated heterocycles. The van der Waals surface area contributed by atoms with Crippen LogP contribution in [0.4, 0.5) is 0 Å². The molecule has 3 unspecified atom stereocenters. The lowest BCUT2D eigenvalue weighted by Crippen LogP contribution is -2.41. The van der Waals surface area contributed by atoms with Gasteiger partial charge in [0.1, 0.15) is 5.38 Å². The first-order valence-electron chi connectivity index (χ1n) is 6.66. The van der Waals surface area contributed by atoms with Crippen LogP contribution >= 0.6 is 11.6 Å². The monoisotopic (exact) mass is 265 g/mol. The zero-order chi connectivity index (χ0) is 13.1. The fraction of sp³-hybridized carbons (Fsp3) is 0.533. The number of hydrogen-bond acceptors (Lipinski definition) is 1. The second-order valence-electron chi connectivity index (χ2n) is 5.01. The fourth-order valence-corrected chi connectivity index (χ4v) is 3.02. The summed E-state index contributed by atoms with van der Waals surface area (Å²) < 4.78 is 0. The molecular weight excluding hydrogens is 246 g/mol. The van der Waals surface area contributed by atoms with Crippen molar-refractivity contribution in [2.75, 3.05) is 0 Å². The Labute approximate surface area is 114 Å². The third-order valence-electron chi connectivity index (χ3n) is 3.82. The van der Waals surface area contributed by atoms with Gasteiger partial charge in [-0.3, -0.25) is 4.79 Å². The normalized spacial score (nSPS) is 25.2. The molecule has 2 nitrogen and oxygen atoms in total. The third kappa shape index (κ3) is 2.54. The Bertz CT molecular complexity index is 406. The zero-order valence-corrected chi connectivity index (χ0v) is 11.7. The first-order chi connectivity index (χ1) is 8.65. The van der Waals surface area contributed by atoms with Crippen LogP contribution in [0, 0.1) is 0 Å². The minimum Gasteiger partial charge on any atom is -0.335 e. The standard InChI is InChI=1S/C15H20ClNO/c1-3-13-10-9-11(2)17(13)15(18)14(16)12-7-5-4-6-8-12/h4-8,11,13-14H,3,9-10H2,1-2H3. The highest BCUT2D eigenvalue weighted by Crippen LogP contribution is 2.32. The maximum Gasteiger partial charge on any atom is 0.245 e. The van der Waals surface area contributed by atoms with Gasteiger partial charge in [0.05, 0.1) is 0 Å². The Morgan fingerprint density at radius 3 is 2.67 bits per heavy atom. The van der Waals surface area contributed by atoms with Crippen LogP contribution in [-0.4, -0.2) is 22.9 Å². The van der Waals surface area contributed by atoms with Crippen molar-refractivity contribution >= 4 is 17.5 Å². The fourth-order valence-electron chi connectivity index (χ4n) is 2.77. The summed E-state index contributed by atoms with van der Waals surface area (Å²) in [6.45, 7) is 4.25. The van der Waals surface area contributed by atoms with E-state index in [1.165, 1.54) is 0 Å². The van der Waals surface area contributed by atoms with Crippen molar-refractivity contribution in [3.8, 4) is 0 Å². The van der Waals surface area contributed by atoms with E-state index in [-0.39, 0.29) is 5.91 Å². The summed E-state index contributed by atoms with van der Waals surface area (Å²) in [5.74, 6) is 0.0553. The lowest BCUT2D eigenvalue weighted by molar-refractivity contribution is -0.133. The van der Waals surface area contributed by atoms with Crippen molar-refractivity contribution < 1.29 is 4.79 Å². The molecule has 0 radical (unpaired) electrons. The molecule has 0 N–H and O–H groups in total. The molecule has 98 valence electrons. The van der Waals surface area contributed by atoms with Gasteiger partial charge in [0, 0.05) is 12.1 Å². The number of hydrogen-bond donors (Lipinski definition) is 0. The molecule has 1 aliphatic rings. The summed E-state index contributed by atoms with van der Waals surface area (Å²) in [4.78, 5) is 14.5. The molecule has 1 aliphatic heterocycles. The van der Waals surface area contributed by atoms with Gasteiger partial charge >= 0.3 is 0 Å². The van der Waals surface area contributed by atoms with E-state index in [0.717, 1.165) is 24.8 Å². The van der Waals surface area contributed by atoms with Crippen molar-refractivity contribution in [1.29, 1.82) is 0 Å². The van der Waals surface area contributed by atoms with E-state index < -0.39 is 5.38 Å². The second-order valence-corrected chi connectivity index (χ2v) is 5.44. The lowest BCUT2D eigenvalue weighted by Gasteiger charge is -2.30. The van der Waals surface area contributed by atoms with E-state index in [1.807, 2.05) is 35.2 Å². The molecule has 0 bridgehead atoms. The van der Waals surface area contributed by atoms with Crippen LogP contribution in [0.2, 0.25) is 0 Å². The van der Waals surface area contributed by atoms with Gasteiger partial charge < -0.3 is 4.90 Å². The molecule has 1 aromatic rings. The highest BCUT2D eigenvalue weighted by Gasteiger charge is 2.36. The van der Waals surface area contributed by atoms with E-state index in [1.54, 1.807) is 0 Å². The van der Waals surface area contributed by atoms with Gasteiger partial charge in [0.2, 0.25) is 5.91 Å². The van der Waals surface area contributed by atoms with Crippen molar-refractivity contribution in [3.05, 3.63) is 35.9 Å². The molecular formula is C15H20ClNO. The molecule has 1 heterocycles. The Balaban J connectivity index is 2.15. The molecule has 0 aliphatic carbocycles. The predicted octanol–water partition coefficient (Wildman–Crippen LogP) is 3.76. The average Bonchev–Trinajstić information content (AvgIpc) is 2.79. The summed E-state index contributed by atoms with van der Waals surface area (Å²) in [6, 6.07) is 10.3. The smallest absolute Gasteiger partial charge is 0.245 e. The summed E-state index contributed by atoms with van der Waals surface area (Å²) in [5, 5.41) is -0.555. The molecule has 0 aromatic heterocycles. The van der Waals surface area contributed by atoms with E-state index >= 15 is 0 Å². The van der Waals surface area contributed by atoms with Crippen LogP contribution in [0.15, 0.2) is 30.3 Å². The van der Waals surface area contributed by atoms with Crippen LogP contribution in [0.5, 0.6) is 0 Å². The Morgan fingerprint density at radius 2 is 2.06 bits per heavy atom. The molecule has 1 amide bonds. The van der Waals surface area contributed by atoms with Gasteiger partial charge in [-0.15, -0.1) is 11.6 Å². The highest BCUT2D eigenvalue weighted by molar-refractivity contribution is 6.30. The molecule has 2 rings (SSSR count). The minimum atomic E-state index is -0.555. The SMILES string of the molecule is CCC1CCC(C)N1C(=O)C(Cl)c1ccccc1. The van der Waals surface area contributed by atoms with Gasteiger partial charge in [-0.2, -0.15) is 0 Å². The summed E-state index contributed by atoms with van der Waals surface area (Å²) in [7, 11) is 0. The predicted molar refractivity (Wildman–Crippen MR) is 74.7 cm³/mol. The van der Waals surface area contributed by atoms with E-state index in [9.17, 15) is 4.79 Å². The van der Waals surface area contributed by atoms with Crippen LogP contribution in [0.3, 0.4) is 0 Å². The van der Waals surface area contributed by atoms with Crippen molar-refractivity contribution in [3.63, 3.8) is 0 Å². The number of nitrogens with zero attached hydrogens (tertiary/aromatic N) is 1. The van der Waals surface area contributed by atoms with E-state index in [4.69, 9.17) is 11.6 Å². The van der Waals surface area contributed by atoms with Crippen LogP contribution < -0.4 is 0 Å². The van der Waals surface area contributed by atoms with Gasteiger partial charge in [-0.05, 0) is 31.7 Å². The van der Waals surface area contributed by atoms with Crippen LogP contribution in [-0.2, 0) is 4.79 Å². The molecule has 3 atom stereocenters. The highest BCUT2D eigenvalue weighted by atomic mass is 35.5. The first kappa shape index (κ1) is 13.4. The Kier molecular flexibility index (Phi) is 4.28. The molecule has 1 fully saturated rings. The number of rotatable bonds is 3. The molecule has 1 aromatic carbocycles. The number of benzene rings is 1. The van der Waals surface area contributed by atoms with Crippen LogP contribution in [0.25, 0.3) is 0 Å². The molecule has 0 saturated carbocycles. The third-order valence-corrected chi connectivity index (χ3v) is 4.26. The zero-order valence-electron chi connectivity index (χ0n) is 11.0. The number of amides is 1. The number of carbonyl (C=O) groups excluding carboxylic acids is 1. The average molecular weight is 266 g/mol. The Hall–Kier alpha value is -1.02. The number of halogens is 1. The van der Waals surface area contributed by atoms with Gasteiger partial charge in [-0.1, -0.05) is 37.3 Å². The molecule has 0 spiro atoms. The van der Waals surface area contributed by atoms with E-state index in [0.29, 0.717) is 12.1 Å². The van der Waals surface area contributed by atoms with Gasteiger partial charge in [-0.25, -0.2) is 0 Å². The number of carbonyl (C=O) groups is 1. The quantitative estimate of drug-likeness (QED) is 0.762. The topological polar surface area (TPSA) is 20.3 Å². The largest absolute Gasteiger partial charge is 0.335 e. The van der Waals surface area contributed by atoms with Gasteiger partial charge in [0.15, 0.2) is 0 Å². The minimum absolute atomic E-state index is 0.0553. The van der Waals surface area contributed by atoms with Crippen molar-refractivity contribution in [1.82, 2.24) is 4.90 Å². The summed E-state index contributed by atoms with van der Waals surface area (Å²) in [6.07, 6.45) is 3.19. The van der Waals surface area contributed by atoms with E-state index in [2.05, 4.69) is 13.8 Å². The van der Waals surface area contributed by atoms with Crippen molar-refractivity contribution in [2.24, 2.45) is 0 Å². The van der Waals surface area contributed by atoms with Crippen molar-refractivity contribution in [2.45, 2.75) is 50.6 Å². The number of likely N-dealkylation sites (tertiary alicyclic amines) is 1. The lowest BCUT2D eigenvalue weighted by atomic mass is 10.1. The molecule has 18 heavy (non-hydrogen) atoms. The second kappa shape index (κ2) is 5.75.